The molecule has 0 N–H and O–H groups in total. The van der Waals surface area contributed by atoms with E-state index in [-0.39, 0.29) is 11.7 Å². The molecule has 0 aromatic rings. The van der Waals surface area contributed by atoms with E-state index >= 15 is 0 Å². The van der Waals surface area contributed by atoms with Crippen molar-refractivity contribution in [3.63, 3.8) is 0 Å². The van der Waals surface area contributed by atoms with Crippen molar-refractivity contribution in [3.05, 3.63) is 0 Å². The fraction of sp³-hybridized carbons (Fsp3) is 1.00. The Hall–Kier alpha value is -0.120. The predicted molar refractivity (Wildman–Crippen MR) is 43.9 cm³/mol. The molecule has 12 heavy (non-hydrogen) atoms. The Labute approximate surface area is 73.0 Å². The maximum Gasteiger partial charge on any atom is 0.163 e. The Bertz CT molecular complexity index is 184. The Balaban J connectivity index is 1.84. The van der Waals surface area contributed by atoms with Crippen LogP contribution in [0.25, 0.3) is 0 Å². The van der Waals surface area contributed by atoms with Crippen LogP contribution in [0.15, 0.2) is 0 Å². The van der Waals surface area contributed by atoms with Gasteiger partial charge in [0, 0.05) is 6.42 Å². The summed E-state index contributed by atoms with van der Waals surface area (Å²) in [5.74, 6) is -0.393. The number of hydrogen-bond donors (Lipinski definition) is 0. The van der Waals surface area contributed by atoms with Gasteiger partial charge in [-0.05, 0) is 20.8 Å². The van der Waals surface area contributed by atoms with Crippen LogP contribution in [0.3, 0.4) is 0 Å². The zero-order chi connectivity index (χ0) is 8.82. The molecule has 0 unspecified atom stereocenters. The molecule has 2 aliphatic rings. The third-order valence-corrected chi connectivity index (χ3v) is 2.36. The highest BCUT2D eigenvalue weighted by molar-refractivity contribution is 4.91. The van der Waals surface area contributed by atoms with Crippen LogP contribution in [-0.4, -0.2) is 30.7 Å². The summed E-state index contributed by atoms with van der Waals surface area (Å²) in [5.41, 5.74) is 0.0778. The van der Waals surface area contributed by atoms with Gasteiger partial charge in [0.25, 0.3) is 0 Å². The maximum atomic E-state index is 5.66. The summed E-state index contributed by atoms with van der Waals surface area (Å²) >= 11 is 0. The van der Waals surface area contributed by atoms with Crippen LogP contribution in [0.4, 0.5) is 0 Å². The molecule has 0 aliphatic carbocycles. The largest absolute Gasteiger partial charge is 0.370 e. The lowest BCUT2D eigenvalue weighted by molar-refractivity contribution is -0.140. The van der Waals surface area contributed by atoms with Crippen LogP contribution in [-0.2, 0) is 14.2 Å². The summed E-state index contributed by atoms with van der Waals surface area (Å²) in [4.78, 5) is 0. The molecule has 0 spiro atoms. The maximum absolute atomic E-state index is 5.66. The molecule has 0 aromatic carbocycles. The zero-order valence-corrected chi connectivity index (χ0v) is 7.92. The smallest absolute Gasteiger partial charge is 0.163 e. The van der Waals surface area contributed by atoms with Gasteiger partial charge in [-0.25, -0.2) is 0 Å². The van der Waals surface area contributed by atoms with Crippen LogP contribution in [0.1, 0.15) is 27.2 Å². The minimum Gasteiger partial charge on any atom is -0.370 e. The fourth-order valence-electron chi connectivity index (χ4n) is 1.59. The van der Waals surface area contributed by atoms with Crippen molar-refractivity contribution in [3.8, 4) is 0 Å². The van der Waals surface area contributed by atoms with E-state index < -0.39 is 5.79 Å². The second-order valence-electron chi connectivity index (χ2n) is 4.39. The highest BCUT2D eigenvalue weighted by Crippen LogP contribution is 2.35. The van der Waals surface area contributed by atoms with Crippen molar-refractivity contribution in [1.29, 1.82) is 0 Å². The summed E-state index contributed by atoms with van der Waals surface area (Å²) in [5, 5.41) is 0. The van der Waals surface area contributed by atoms with E-state index in [2.05, 4.69) is 6.92 Å². The second-order valence-corrected chi connectivity index (χ2v) is 4.39. The minimum atomic E-state index is -0.393. The third kappa shape index (κ3) is 1.79. The summed E-state index contributed by atoms with van der Waals surface area (Å²) in [6.45, 7) is 7.58. The molecular formula is C9H16O3. The van der Waals surface area contributed by atoms with Gasteiger partial charge in [0.1, 0.15) is 0 Å². The Kier molecular flexibility index (Phi) is 1.72. The molecule has 0 radical (unpaired) electrons. The van der Waals surface area contributed by atoms with Gasteiger partial charge in [0.2, 0.25) is 0 Å². The molecule has 0 saturated carbocycles. The highest BCUT2D eigenvalue weighted by atomic mass is 16.7. The molecule has 2 atom stereocenters. The van der Waals surface area contributed by atoms with E-state index in [1.165, 1.54) is 0 Å². The molecule has 0 amide bonds. The molecule has 0 aromatic heterocycles. The lowest BCUT2D eigenvalue weighted by atomic mass is 10.1. The van der Waals surface area contributed by atoms with Crippen molar-refractivity contribution in [2.75, 3.05) is 13.2 Å². The quantitative estimate of drug-likeness (QED) is 0.588. The monoisotopic (exact) mass is 172 g/mol. The van der Waals surface area contributed by atoms with E-state index in [0.717, 1.165) is 13.0 Å². The fourth-order valence-corrected chi connectivity index (χ4v) is 1.59. The predicted octanol–water partition coefficient (Wildman–Crippen LogP) is 1.32. The third-order valence-electron chi connectivity index (χ3n) is 2.36. The average molecular weight is 172 g/mol. The summed E-state index contributed by atoms with van der Waals surface area (Å²) < 4.78 is 16.4. The molecule has 2 fully saturated rings. The molecular weight excluding hydrogens is 156 g/mol. The number of epoxide rings is 1. The first kappa shape index (κ1) is 8.48. The van der Waals surface area contributed by atoms with E-state index in [1.54, 1.807) is 0 Å². The van der Waals surface area contributed by atoms with Crippen molar-refractivity contribution in [2.45, 2.75) is 44.7 Å². The van der Waals surface area contributed by atoms with Gasteiger partial charge >= 0.3 is 0 Å². The van der Waals surface area contributed by atoms with Gasteiger partial charge in [-0.3, -0.25) is 0 Å². The normalized spacial score (nSPS) is 44.8. The van der Waals surface area contributed by atoms with Crippen LogP contribution in [0.5, 0.6) is 0 Å². The van der Waals surface area contributed by atoms with E-state index in [9.17, 15) is 0 Å². The van der Waals surface area contributed by atoms with Crippen LogP contribution in [0.2, 0.25) is 0 Å². The summed E-state index contributed by atoms with van der Waals surface area (Å²) in [6.07, 6.45) is 1.17. The zero-order valence-electron chi connectivity index (χ0n) is 7.92. The van der Waals surface area contributed by atoms with Crippen molar-refractivity contribution in [1.82, 2.24) is 0 Å². The molecule has 2 rings (SSSR count). The van der Waals surface area contributed by atoms with E-state index in [0.29, 0.717) is 6.61 Å². The molecule has 3 heteroatoms. The Morgan fingerprint density at radius 2 is 1.92 bits per heavy atom. The number of ether oxygens (including phenoxy) is 3. The minimum absolute atomic E-state index is 0.0778. The molecule has 0 bridgehead atoms. The SMILES string of the molecule is CC1(C)OC[C@H](C[C@@]2(C)CO2)O1. The van der Waals surface area contributed by atoms with Crippen LogP contribution < -0.4 is 0 Å². The summed E-state index contributed by atoms with van der Waals surface area (Å²) in [6, 6.07) is 0. The van der Waals surface area contributed by atoms with Gasteiger partial charge < -0.3 is 14.2 Å². The van der Waals surface area contributed by atoms with Crippen LogP contribution in [0, 0.1) is 0 Å². The van der Waals surface area contributed by atoms with Gasteiger partial charge in [-0.1, -0.05) is 0 Å². The van der Waals surface area contributed by atoms with Crippen molar-refractivity contribution >= 4 is 0 Å². The van der Waals surface area contributed by atoms with Gasteiger partial charge in [0.15, 0.2) is 5.79 Å². The second kappa shape index (κ2) is 2.44. The lowest BCUT2D eigenvalue weighted by Gasteiger charge is -2.17. The molecule has 70 valence electrons. The van der Waals surface area contributed by atoms with Gasteiger partial charge in [-0.2, -0.15) is 0 Å². The van der Waals surface area contributed by atoms with Gasteiger partial charge in [0.05, 0.1) is 24.9 Å². The van der Waals surface area contributed by atoms with Gasteiger partial charge in [-0.15, -0.1) is 0 Å². The standard InChI is InChI=1S/C9H16O3/c1-8(2)10-5-7(12-8)4-9(3)6-11-9/h7H,4-6H2,1-3H3/t7-,9-/m0/s1. The average Bonchev–Trinajstić information content (AvgIpc) is 2.53. The van der Waals surface area contributed by atoms with Crippen molar-refractivity contribution in [2.24, 2.45) is 0 Å². The number of hydrogen-bond acceptors (Lipinski definition) is 3. The van der Waals surface area contributed by atoms with E-state index in [4.69, 9.17) is 14.2 Å². The molecule has 2 saturated heterocycles. The Morgan fingerprint density at radius 1 is 1.25 bits per heavy atom. The first-order chi connectivity index (χ1) is 5.49. The highest BCUT2D eigenvalue weighted by Gasteiger charge is 2.45. The Morgan fingerprint density at radius 3 is 2.33 bits per heavy atom. The van der Waals surface area contributed by atoms with E-state index in [1.807, 2.05) is 13.8 Å². The molecule has 3 nitrogen and oxygen atoms in total. The van der Waals surface area contributed by atoms with Crippen LogP contribution >= 0.6 is 0 Å². The topological polar surface area (TPSA) is 31.0 Å². The summed E-state index contributed by atoms with van der Waals surface area (Å²) in [7, 11) is 0. The lowest BCUT2D eigenvalue weighted by Crippen LogP contribution is -2.24. The number of rotatable bonds is 2. The van der Waals surface area contributed by atoms with Crippen molar-refractivity contribution < 1.29 is 14.2 Å². The molecule has 2 heterocycles. The first-order valence-corrected chi connectivity index (χ1v) is 4.45. The first-order valence-electron chi connectivity index (χ1n) is 4.45. The molecule has 2 aliphatic heterocycles.